The number of ether oxygens (including phenoxy) is 1. The van der Waals surface area contributed by atoms with Crippen LogP contribution in [0.4, 0.5) is 0 Å². The Balaban J connectivity index is 1.96. The van der Waals surface area contributed by atoms with Gasteiger partial charge >= 0.3 is 5.97 Å². The minimum Gasteiger partial charge on any atom is -0.480 e. The Bertz CT molecular complexity index is 307. The number of aliphatic hydroxyl groups excluding tert-OH is 1. The maximum atomic E-state index is 11.0. The number of aliphatic hydroxyl groups is 1. The van der Waals surface area contributed by atoms with E-state index in [1.54, 1.807) is 0 Å². The summed E-state index contributed by atoms with van der Waals surface area (Å²) < 4.78 is 5.28. The van der Waals surface area contributed by atoms with Gasteiger partial charge in [-0.05, 0) is 0 Å². The molecular weight excluding hydrogens is 204 g/mol. The molecule has 1 amide bonds. The van der Waals surface area contributed by atoms with Crippen LogP contribution in [-0.4, -0.2) is 58.0 Å². The molecule has 2 heterocycles. The number of carbonyl (C=O) groups is 2. The Morgan fingerprint density at radius 3 is 2.80 bits per heavy atom. The minimum absolute atomic E-state index is 0.0430. The number of carbonyl (C=O) groups excluding carboxylic acids is 1. The van der Waals surface area contributed by atoms with E-state index in [1.165, 1.54) is 4.90 Å². The quantitative estimate of drug-likeness (QED) is 0.458. The van der Waals surface area contributed by atoms with Gasteiger partial charge in [-0.15, -0.1) is 0 Å². The molecule has 2 rings (SSSR count). The van der Waals surface area contributed by atoms with E-state index in [1.807, 2.05) is 0 Å². The number of nitrogens with zero attached hydrogens (tertiary/aromatic N) is 1. The molecule has 0 saturated carbocycles. The van der Waals surface area contributed by atoms with E-state index in [4.69, 9.17) is 15.6 Å². The summed E-state index contributed by atoms with van der Waals surface area (Å²) in [6.07, 6.45) is -2.00. The average Bonchev–Trinajstić information content (AvgIpc) is 2.53. The van der Waals surface area contributed by atoms with Gasteiger partial charge in [0.1, 0.15) is 24.5 Å². The summed E-state index contributed by atoms with van der Waals surface area (Å²) in [4.78, 5) is 23.0. The van der Waals surface area contributed by atoms with E-state index < -0.39 is 24.2 Å². The maximum absolute atomic E-state index is 11.0. The highest BCUT2D eigenvalue weighted by Crippen LogP contribution is 2.30. The van der Waals surface area contributed by atoms with Crippen molar-refractivity contribution in [2.45, 2.75) is 30.9 Å². The Morgan fingerprint density at radius 1 is 1.67 bits per heavy atom. The second kappa shape index (κ2) is 3.44. The molecule has 0 aromatic heterocycles. The van der Waals surface area contributed by atoms with Crippen molar-refractivity contribution in [2.24, 2.45) is 5.73 Å². The number of rotatable bonds is 3. The monoisotopic (exact) mass is 216 g/mol. The van der Waals surface area contributed by atoms with Crippen LogP contribution in [0.25, 0.3) is 0 Å². The Hall–Kier alpha value is -1.18. The lowest BCUT2D eigenvalue weighted by Gasteiger charge is -2.31. The van der Waals surface area contributed by atoms with E-state index in [9.17, 15) is 14.7 Å². The first-order chi connectivity index (χ1) is 7.00. The fraction of sp³-hybridized carbons (Fsp3) is 0.750. The minimum atomic E-state index is -1.39. The van der Waals surface area contributed by atoms with Gasteiger partial charge in [-0.3, -0.25) is 9.59 Å². The number of β-lactam (4-membered cyclic amide) rings is 1. The molecule has 15 heavy (non-hydrogen) atoms. The highest BCUT2D eigenvalue weighted by molar-refractivity contribution is 5.83. The van der Waals surface area contributed by atoms with E-state index in [2.05, 4.69) is 0 Å². The molecule has 0 bridgehead atoms. The molecule has 4 N–H and O–H groups in total. The van der Waals surface area contributed by atoms with Gasteiger partial charge in [0.25, 0.3) is 0 Å². The number of amides is 1. The summed E-state index contributed by atoms with van der Waals surface area (Å²) in [5.41, 5.74) is 5.25. The lowest BCUT2D eigenvalue weighted by atomic mass is 10.1. The standard InChI is InChI=1S/C8H12N2O5/c9-6(8(13)14)7(12)3-2-10-4(11)1-5(10)15-3/h3,5-7,12H,1-2,9H2,(H,13,14). The zero-order valence-electron chi connectivity index (χ0n) is 7.87. The third-order valence-corrected chi connectivity index (χ3v) is 2.76. The molecule has 2 aliphatic heterocycles. The number of carboxylic acids is 1. The van der Waals surface area contributed by atoms with E-state index in [0.29, 0.717) is 6.42 Å². The SMILES string of the molecule is NC(C(=O)O)C(O)C1CN2C(=O)CC2O1. The predicted octanol–water partition coefficient (Wildman–Crippen LogP) is -2.28. The summed E-state index contributed by atoms with van der Waals surface area (Å²) in [5, 5.41) is 18.2. The molecule has 0 aliphatic carbocycles. The fourth-order valence-corrected chi connectivity index (χ4v) is 1.77. The van der Waals surface area contributed by atoms with Crippen molar-refractivity contribution in [2.75, 3.05) is 6.54 Å². The second-order valence-corrected chi connectivity index (χ2v) is 3.73. The molecule has 2 fully saturated rings. The van der Waals surface area contributed by atoms with Crippen LogP contribution in [-0.2, 0) is 14.3 Å². The smallest absolute Gasteiger partial charge is 0.323 e. The largest absolute Gasteiger partial charge is 0.480 e. The van der Waals surface area contributed by atoms with Crippen LogP contribution in [0.15, 0.2) is 0 Å². The summed E-state index contributed by atoms with van der Waals surface area (Å²) >= 11 is 0. The number of aliphatic carboxylic acids is 1. The molecule has 2 aliphatic rings. The molecule has 2 saturated heterocycles. The molecule has 0 spiro atoms. The molecular formula is C8H12N2O5. The van der Waals surface area contributed by atoms with Gasteiger partial charge < -0.3 is 25.6 Å². The lowest BCUT2D eigenvalue weighted by molar-refractivity contribution is -0.160. The van der Waals surface area contributed by atoms with Crippen LogP contribution in [0.1, 0.15) is 6.42 Å². The van der Waals surface area contributed by atoms with Gasteiger partial charge in [0, 0.05) is 0 Å². The number of hydrogen-bond acceptors (Lipinski definition) is 5. The lowest BCUT2D eigenvalue weighted by Crippen LogP contribution is -2.50. The molecule has 0 aromatic carbocycles. The van der Waals surface area contributed by atoms with E-state index >= 15 is 0 Å². The average molecular weight is 216 g/mol. The molecule has 0 aromatic rings. The molecule has 4 atom stereocenters. The number of nitrogens with two attached hydrogens (primary N) is 1. The number of hydrogen-bond donors (Lipinski definition) is 3. The number of fused-ring (bicyclic) bond motifs is 1. The molecule has 7 nitrogen and oxygen atoms in total. The van der Waals surface area contributed by atoms with Gasteiger partial charge in [0.05, 0.1) is 13.0 Å². The van der Waals surface area contributed by atoms with Crippen molar-refractivity contribution in [3.05, 3.63) is 0 Å². The van der Waals surface area contributed by atoms with Gasteiger partial charge in [0.2, 0.25) is 5.91 Å². The summed E-state index contributed by atoms with van der Waals surface area (Å²) in [6.45, 7) is 0.214. The number of carboxylic acid groups (broad SMARTS) is 1. The van der Waals surface area contributed by atoms with E-state index in [0.717, 1.165) is 0 Å². The van der Waals surface area contributed by atoms with Gasteiger partial charge in [-0.1, -0.05) is 0 Å². The topological polar surface area (TPSA) is 113 Å². The summed E-state index contributed by atoms with van der Waals surface area (Å²) in [7, 11) is 0. The van der Waals surface area contributed by atoms with Crippen LogP contribution in [0.3, 0.4) is 0 Å². The van der Waals surface area contributed by atoms with Crippen molar-refractivity contribution >= 4 is 11.9 Å². The molecule has 84 valence electrons. The van der Waals surface area contributed by atoms with Crippen molar-refractivity contribution in [1.82, 2.24) is 4.90 Å². The molecule has 4 unspecified atom stereocenters. The Morgan fingerprint density at radius 2 is 2.33 bits per heavy atom. The zero-order valence-corrected chi connectivity index (χ0v) is 7.87. The molecule has 7 heteroatoms. The van der Waals surface area contributed by atoms with Crippen molar-refractivity contribution in [3.8, 4) is 0 Å². The second-order valence-electron chi connectivity index (χ2n) is 3.73. The van der Waals surface area contributed by atoms with Crippen molar-refractivity contribution < 1.29 is 24.5 Å². The highest BCUT2D eigenvalue weighted by Gasteiger charge is 2.48. The van der Waals surface area contributed by atoms with Crippen molar-refractivity contribution in [3.63, 3.8) is 0 Å². The Labute approximate surface area is 85.4 Å². The van der Waals surface area contributed by atoms with Gasteiger partial charge in [-0.2, -0.15) is 0 Å². The van der Waals surface area contributed by atoms with Crippen molar-refractivity contribution in [1.29, 1.82) is 0 Å². The fourth-order valence-electron chi connectivity index (χ4n) is 1.77. The van der Waals surface area contributed by atoms with Crippen LogP contribution >= 0.6 is 0 Å². The zero-order chi connectivity index (χ0) is 11.2. The molecule has 0 radical (unpaired) electrons. The van der Waals surface area contributed by atoms with E-state index in [-0.39, 0.29) is 18.7 Å². The van der Waals surface area contributed by atoms with Gasteiger partial charge in [-0.25, -0.2) is 0 Å². The normalized spacial score (nSPS) is 33.2. The third-order valence-electron chi connectivity index (χ3n) is 2.76. The van der Waals surface area contributed by atoms with Crippen LogP contribution < -0.4 is 5.73 Å². The summed E-state index contributed by atoms with van der Waals surface area (Å²) in [5.74, 6) is -1.33. The van der Waals surface area contributed by atoms with Crippen LogP contribution in [0.5, 0.6) is 0 Å². The maximum Gasteiger partial charge on any atom is 0.323 e. The Kier molecular flexibility index (Phi) is 2.37. The first-order valence-electron chi connectivity index (χ1n) is 4.62. The predicted molar refractivity (Wildman–Crippen MR) is 46.6 cm³/mol. The van der Waals surface area contributed by atoms with Gasteiger partial charge in [0.15, 0.2) is 0 Å². The first-order valence-corrected chi connectivity index (χ1v) is 4.62. The highest BCUT2D eigenvalue weighted by atomic mass is 16.5. The summed E-state index contributed by atoms with van der Waals surface area (Å²) in [6, 6.07) is -1.39. The first kappa shape index (κ1) is 10.3. The van der Waals surface area contributed by atoms with Crippen LogP contribution in [0, 0.1) is 0 Å². The third kappa shape index (κ3) is 1.58. The van der Waals surface area contributed by atoms with Crippen LogP contribution in [0.2, 0.25) is 0 Å².